The Balaban J connectivity index is 2.27. The van der Waals surface area contributed by atoms with Crippen molar-refractivity contribution in [2.75, 3.05) is 20.3 Å². The molecule has 1 heterocycles. The van der Waals surface area contributed by atoms with E-state index < -0.39 is 13.0 Å². The van der Waals surface area contributed by atoms with E-state index in [0.717, 1.165) is 17.3 Å². The van der Waals surface area contributed by atoms with Crippen LogP contribution in [0.5, 0.6) is 0 Å². The third-order valence-electron chi connectivity index (χ3n) is 2.39. The lowest BCUT2D eigenvalue weighted by molar-refractivity contribution is 0.0146. The van der Waals surface area contributed by atoms with Crippen LogP contribution in [-0.2, 0) is 11.2 Å². The number of thiophene rings is 1. The quantitative estimate of drug-likeness (QED) is 0.739. The predicted molar refractivity (Wildman–Crippen MR) is 70.0 cm³/mol. The molecular formula is C11H16BrF2NOS. The molecule has 0 saturated carbocycles. The smallest absolute Gasteiger partial charge is 0.261 e. The fraction of sp³-hybridized carbons (Fsp3) is 0.636. The highest BCUT2D eigenvalue weighted by Gasteiger charge is 2.11. The molecule has 1 aromatic heterocycles. The van der Waals surface area contributed by atoms with Gasteiger partial charge in [-0.25, -0.2) is 8.78 Å². The lowest BCUT2D eigenvalue weighted by Crippen LogP contribution is -2.29. The number of rotatable bonds is 8. The number of hydrogen-bond donors (Lipinski definition) is 1. The first-order valence-corrected chi connectivity index (χ1v) is 7.05. The molecule has 0 fully saturated rings. The summed E-state index contributed by atoms with van der Waals surface area (Å²) in [6.45, 7) is -0.113. The Kier molecular flexibility index (Phi) is 7.18. The van der Waals surface area contributed by atoms with Gasteiger partial charge in [0, 0.05) is 22.0 Å². The summed E-state index contributed by atoms with van der Waals surface area (Å²) >= 11 is 5.17. The molecule has 0 aromatic carbocycles. The van der Waals surface area contributed by atoms with Crippen LogP contribution in [0.25, 0.3) is 0 Å². The van der Waals surface area contributed by atoms with Gasteiger partial charge in [-0.3, -0.25) is 0 Å². The molecule has 1 unspecified atom stereocenters. The van der Waals surface area contributed by atoms with Gasteiger partial charge in [0.25, 0.3) is 6.43 Å². The SMILES string of the molecule is CNC(CCOCC(F)F)Cc1sccc1Br. The summed E-state index contributed by atoms with van der Waals surface area (Å²) in [5.74, 6) is 0. The van der Waals surface area contributed by atoms with Crippen molar-refractivity contribution in [1.29, 1.82) is 0 Å². The molecule has 0 saturated heterocycles. The summed E-state index contributed by atoms with van der Waals surface area (Å²) in [5.41, 5.74) is 0. The highest BCUT2D eigenvalue weighted by atomic mass is 79.9. The van der Waals surface area contributed by atoms with Crippen LogP contribution in [0, 0.1) is 0 Å². The maximum absolute atomic E-state index is 11.9. The van der Waals surface area contributed by atoms with Gasteiger partial charge in [0.15, 0.2) is 0 Å². The summed E-state index contributed by atoms with van der Waals surface area (Å²) in [5, 5.41) is 5.20. The standard InChI is InChI=1S/C11H16BrF2NOS/c1-15-8(2-4-16-7-11(13)14)6-10-9(12)3-5-17-10/h3,5,8,11,15H,2,4,6-7H2,1H3. The molecule has 98 valence electrons. The van der Waals surface area contributed by atoms with Crippen molar-refractivity contribution in [3.8, 4) is 0 Å². The fourth-order valence-electron chi connectivity index (χ4n) is 1.44. The maximum atomic E-state index is 11.9. The lowest BCUT2D eigenvalue weighted by Gasteiger charge is -2.15. The van der Waals surface area contributed by atoms with Gasteiger partial charge >= 0.3 is 0 Å². The molecule has 0 aliphatic rings. The van der Waals surface area contributed by atoms with Crippen LogP contribution in [-0.4, -0.2) is 32.7 Å². The molecule has 0 bridgehead atoms. The van der Waals surface area contributed by atoms with E-state index in [1.54, 1.807) is 11.3 Å². The van der Waals surface area contributed by atoms with E-state index in [1.807, 2.05) is 18.5 Å². The van der Waals surface area contributed by atoms with Gasteiger partial charge in [-0.15, -0.1) is 11.3 Å². The van der Waals surface area contributed by atoms with Crippen molar-refractivity contribution >= 4 is 27.3 Å². The molecule has 0 amide bonds. The van der Waals surface area contributed by atoms with E-state index in [2.05, 4.69) is 21.2 Å². The zero-order chi connectivity index (χ0) is 12.7. The van der Waals surface area contributed by atoms with Crippen molar-refractivity contribution in [2.24, 2.45) is 0 Å². The Hall–Kier alpha value is -0.0400. The lowest BCUT2D eigenvalue weighted by atomic mass is 10.1. The van der Waals surface area contributed by atoms with Gasteiger partial charge in [0.05, 0.1) is 0 Å². The number of halogens is 3. The van der Waals surface area contributed by atoms with Crippen LogP contribution in [0.3, 0.4) is 0 Å². The van der Waals surface area contributed by atoms with Crippen LogP contribution in [0.4, 0.5) is 8.78 Å². The van der Waals surface area contributed by atoms with Gasteiger partial charge in [-0.05, 0) is 47.3 Å². The Bertz CT molecular complexity index is 322. The van der Waals surface area contributed by atoms with Crippen LogP contribution in [0.1, 0.15) is 11.3 Å². The first kappa shape index (κ1) is 15.0. The Labute approximate surface area is 112 Å². The monoisotopic (exact) mass is 327 g/mol. The van der Waals surface area contributed by atoms with Crippen molar-refractivity contribution < 1.29 is 13.5 Å². The highest BCUT2D eigenvalue weighted by Crippen LogP contribution is 2.24. The number of nitrogens with one attached hydrogen (secondary N) is 1. The molecule has 0 aliphatic carbocycles. The molecular weight excluding hydrogens is 312 g/mol. The number of ether oxygens (including phenoxy) is 1. The zero-order valence-corrected chi connectivity index (χ0v) is 12.0. The largest absolute Gasteiger partial charge is 0.375 e. The van der Waals surface area contributed by atoms with Crippen LogP contribution >= 0.6 is 27.3 Å². The molecule has 17 heavy (non-hydrogen) atoms. The number of likely N-dealkylation sites (N-methyl/N-ethyl adjacent to an activating group) is 1. The molecule has 0 spiro atoms. The highest BCUT2D eigenvalue weighted by molar-refractivity contribution is 9.10. The molecule has 1 rings (SSSR count). The molecule has 6 heteroatoms. The van der Waals surface area contributed by atoms with Gasteiger partial charge in [-0.2, -0.15) is 0 Å². The fourth-order valence-corrected chi connectivity index (χ4v) is 3.04. The van der Waals surface area contributed by atoms with Gasteiger partial charge in [-0.1, -0.05) is 0 Å². The zero-order valence-electron chi connectivity index (χ0n) is 9.59. The average molecular weight is 328 g/mol. The second kappa shape index (κ2) is 8.13. The van der Waals surface area contributed by atoms with E-state index >= 15 is 0 Å². The topological polar surface area (TPSA) is 21.3 Å². The molecule has 2 nitrogen and oxygen atoms in total. The van der Waals surface area contributed by atoms with Crippen LogP contribution in [0.2, 0.25) is 0 Å². The van der Waals surface area contributed by atoms with E-state index in [0.29, 0.717) is 6.61 Å². The molecule has 0 aliphatic heterocycles. The molecule has 0 radical (unpaired) electrons. The minimum absolute atomic E-state index is 0.252. The maximum Gasteiger partial charge on any atom is 0.261 e. The van der Waals surface area contributed by atoms with Crippen LogP contribution < -0.4 is 5.32 Å². The first-order chi connectivity index (χ1) is 8.13. The van der Waals surface area contributed by atoms with E-state index in [9.17, 15) is 8.78 Å². The Morgan fingerprint density at radius 1 is 1.53 bits per heavy atom. The van der Waals surface area contributed by atoms with E-state index in [1.165, 1.54) is 4.88 Å². The molecule has 1 N–H and O–H groups in total. The summed E-state index contributed by atoms with van der Waals surface area (Å²) in [4.78, 5) is 1.26. The van der Waals surface area contributed by atoms with Gasteiger partial charge < -0.3 is 10.1 Å². The molecule has 1 atom stereocenters. The van der Waals surface area contributed by atoms with Gasteiger partial charge in [0.2, 0.25) is 0 Å². The second-order valence-electron chi connectivity index (χ2n) is 3.64. The predicted octanol–water partition coefficient (Wildman–Crippen LogP) is 3.31. The Morgan fingerprint density at radius 3 is 2.82 bits per heavy atom. The normalized spacial score (nSPS) is 13.2. The van der Waals surface area contributed by atoms with Crippen LogP contribution in [0.15, 0.2) is 15.9 Å². The van der Waals surface area contributed by atoms with Crippen molar-refractivity contribution in [2.45, 2.75) is 25.3 Å². The summed E-state index contributed by atoms with van der Waals surface area (Å²) in [6, 6.07) is 2.27. The number of hydrogen-bond acceptors (Lipinski definition) is 3. The summed E-state index contributed by atoms with van der Waals surface area (Å²) < 4.78 is 29.7. The third-order valence-corrected chi connectivity index (χ3v) is 4.33. The van der Waals surface area contributed by atoms with Crippen molar-refractivity contribution in [1.82, 2.24) is 5.32 Å². The average Bonchev–Trinajstić information content (AvgIpc) is 2.68. The minimum Gasteiger partial charge on any atom is -0.375 e. The second-order valence-corrected chi connectivity index (χ2v) is 5.49. The third kappa shape index (κ3) is 5.90. The Morgan fingerprint density at radius 2 is 2.29 bits per heavy atom. The summed E-state index contributed by atoms with van der Waals surface area (Å²) in [7, 11) is 1.87. The van der Waals surface area contributed by atoms with Gasteiger partial charge in [0.1, 0.15) is 6.61 Å². The summed E-state index contributed by atoms with van der Waals surface area (Å²) in [6.07, 6.45) is -0.769. The van der Waals surface area contributed by atoms with E-state index in [4.69, 9.17) is 4.74 Å². The first-order valence-electron chi connectivity index (χ1n) is 5.38. The van der Waals surface area contributed by atoms with Crippen molar-refractivity contribution in [3.63, 3.8) is 0 Å². The molecule has 1 aromatic rings. The minimum atomic E-state index is -2.38. The van der Waals surface area contributed by atoms with E-state index in [-0.39, 0.29) is 6.04 Å². The van der Waals surface area contributed by atoms with Crippen molar-refractivity contribution in [3.05, 3.63) is 20.8 Å². The number of alkyl halides is 2.